The molecule has 0 aromatic heterocycles. The molecule has 96 valence electrons. The number of hydrogen-bond acceptors (Lipinski definition) is 4. The Morgan fingerprint density at radius 1 is 1.33 bits per heavy atom. The second-order valence-corrected chi connectivity index (χ2v) is 5.64. The van der Waals surface area contributed by atoms with Gasteiger partial charge in [-0.2, -0.15) is 0 Å². The molecule has 0 radical (unpaired) electrons. The first kappa shape index (κ1) is 13.4. The Labute approximate surface area is 114 Å². The summed E-state index contributed by atoms with van der Waals surface area (Å²) in [5.74, 6) is 0.343. The molecular weight excluding hydrogens is 272 g/mol. The van der Waals surface area contributed by atoms with Crippen LogP contribution in [0.4, 0.5) is 5.69 Å². The van der Waals surface area contributed by atoms with E-state index in [4.69, 9.17) is 17.3 Å². The van der Waals surface area contributed by atoms with Gasteiger partial charge in [-0.3, -0.25) is 9.59 Å². The minimum absolute atomic E-state index is 0.166. The molecule has 0 unspecified atom stereocenters. The number of anilines is 1. The molecule has 1 saturated heterocycles. The predicted octanol–water partition coefficient (Wildman–Crippen LogP) is 1.66. The number of rotatable bonds is 4. The summed E-state index contributed by atoms with van der Waals surface area (Å²) >= 11 is 7.22. The monoisotopic (exact) mass is 284 g/mol. The molecule has 1 aromatic rings. The van der Waals surface area contributed by atoms with Crippen molar-refractivity contribution < 1.29 is 9.59 Å². The Balaban J connectivity index is 2.16. The molecule has 1 heterocycles. The molecule has 1 aliphatic rings. The maximum Gasteiger partial charge on any atom is 0.247 e. The van der Waals surface area contributed by atoms with Crippen LogP contribution < -0.4 is 10.6 Å². The number of carbonyl (C=O) groups is 2. The van der Waals surface area contributed by atoms with E-state index in [-0.39, 0.29) is 23.5 Å². The van der Waals surface area contributed by atoms with Crippen LogP contribution in [0.3, 0.4) is 0 Å². The first-order valence-corrected chi connectivity index (χ1v) is 7.00. The van der Waals surface area contributed by atoms with Crippen molar-refractivity contribution in [3.63, 3.8) is 0 Å². The van der Waals surface area contributed by atoms with E-state index in [2.05, 4.69) is 0 Å². The van der Waals surface area contributed by atoms with Crippen molar-refractivity contribution in [2.45, 2.75) is 11.7 Å². The average molecular weight is 285 g/mol. The highest BCUT2D eigenvalue weighted by atomic mass is 35.5. The van der Waals surface area contributed by atoms with Crippen LogP contribution in [0.15, 0.2) is 24.3 Å². The molecule has 2 N–H and O–H groups in total. The van der Waals surface area contributed by atoms with E-state index in [1.807, 2.05) is 0 Å². The normalized spacial score (nSPS) is 19.7. The SMILES string of the molecule is NCCS[C@@H]1CC(=O)N(c2ccc(Cl)cc2)C1=O. The van der Waals surface area contributed by atoms with Crippen molar-refractivity contribution in [1.82, 2.24) is 0 Å². The minimum Gasteiger partial charge on any atom is -0.330 e. The predicted molar refractivity (Wildman–Crippen MR) is 73.9 cm³/mol. The molecule has 1 aliphatic heterocycles. The molecule has 1 atom stereocenters. The van der Waals surface area contributed by atoms with Crippen LogP contribution in [0.25, 0.3) is 0 Å². The highest BCUT2D eigenvalue weighted by Gasteiger charge is 2.39. The first-order chi connectivity index (χ1) is 8.63. The zero-order chi connectivity index (χ0) is 13.1. The summed E-state index contributed by atoms with van der Waals surface area (Å²) in [5.41, 5.74) is 5.98. The molecular formula is C12H13ClN2O2S. The van der Waals surface area contributed by atoms with Crippen LogP contribution in [0, 0.1) is 0 Å². The molecule has 1 fully saturated rings. The third-order valence-electron chi connectivity index (χ3n) is 2.63. The number of imide groups is 1. The zero-order valence-corrected chi connectivity index (χ0v) is 11.2. The van der Waals surface area contributed by atoms with Gasteiger partial charge in [-0.15, -0.1) is 11.8 Å². The molecule has 0 bridgehead atoms. The fourth-order valence-corrected chi connectivity index (χ4v) is 2.86. The third-order valence-corrected chi connectivity index (χ3v) is 4.12. The Hall–Kier alpha value is -1.04. The van der Waals surface area contributed by atoms with Crippen LogP contribution >= 0.6 is 23.4 Å². The summed E-state index contributed by atoms with van der Waals surface area (Å²) < 4.78 is 0. The van der Waals surface area contributed by atoms with Crippen molar-refractivity contribution in [1.29, 1.82) is 0 Å². The molecule has 0 spiro atoms. The van der Waals surface area contributed by atoms with Gasteiger partial charge in [0.1, 0.15) is 0 Å². The highest BCUT2D eigenvalue weighted by molar-refractivity contribution is 8.00. The maximum absolute atomic E-state index is 12.1. The van der Waals surface area contributed by atoms with Crippen molar-refractivity contribution in [3.8, 4) is 0 Å². The second-order valence-electron chi connectivity index (χ2n) is 3.90. The molecule has 0 aliphatic carbocycles. The van der Waals surface area contributed by atoms with Crippen LogP contribution in [-0.2, 0) is 9.59 Å². The van der Waals surface area contributed by atoms with Gasteiger partial charge in [0.25, 0.3) is 0 Å². The van der Waals surface area contributed by atoms with E-state index in [0.29, 0.717) is 23.0 Å². The smallest absolute Gasteiger partial charge is 0.247 e. The Morgan fingerprint density at radius 3 is 2.61 bits per heavy atom. The lowest BCUT2D eigenvalue weighted by atomic mass is 10.3. The largest absolute Gasteiger partial charge is 0.330 e. The number of nitrogens with zero attached hydrogens (tertiary/aromatic N) is 1. The van der Waals surface area contributed by atoms with Crippen molar-refractivity contribution in [2.75, 3.05) is 17.2 Å². The van der Waals surface area contributed by atoms with Gasteiger partial charge in [0, 0.05) is 23.7 Å². The molecule has 0 saturated carbocycles. The molecule has 6 heteroatoms. The van der Waals surface area contributed by atoms with Crippen LogP contribution in [0.5, 0.6) is 0 Å². The molecule has 18 heavy (non-hydrogen) atoms. The lowest BCUT2D eigenvalue weighted by molar-refractivity contribution is -0.121. The van der Waals surface area contributed by atoms with Crippen molar-refractivity contribution in [3.05, 3.63) is 29.3 Å². The maximum atomic E-state index is 12.1. The van der Waals surface area contributed by atoms with E-state index in [0.717, 1.165) is 0 Å². The number of carbonyl (C=O) groups excluding carboxylic acids is 2. The Kier molecular flexibility index (Phi) is 4.27. The number of benzene rings is 1. The van der Waals surface area contributed by atoms with E-state index in [1.54, 1.807) is 24.3 Å². The fourth-order valence-electron chi connectivity index (χ4n) is 1.81. The summed E-state index contributed by atoms with van der Waals surface area (Å²) in [7, 11) is 0. The van der Waals surface area contributed by atoms with Gasteiger partial charge in [-0.05, 0) is 24.3 Å². The van der Waals surface area contributed by atoms with Crippen LogP contribution in [0.1, 0.15) is 6.42 Å². The van der Waals surface area contributed by atoms with Gasteiger partial charge in [0.05, 0.1) is 10.9 Å². The van der Waals surface area contributed by atoms with Gasteiger partial charge < -0.3 is 5.73 Å². The molecule has 1 aromatic carbocycles. The zero-order valence-electron chi connectivity index (χ0n) is 9.64. The summed E-state index contributed by atoms with van der Waals surface area (Å²) in [4.78, 5) is 25.2. The Bertz CT molecular complexity index is 464. The van der Waals surface area contributed by atoms with Gasteiger partial charge in [-0.25, -0.2) is 4.90 Å². The van der Waals surface area contributed by atoms with Gasteiger partial charge in [0.15, 0.2) is 0 Å². The van der Waals surface area contributed by atoms with E-state index in [1.165, 1.54) is 16.7 Å². The summed E-state index contributed by atoms with van der Waals surface area (Å²) in [5, 5.41) is 0.267. The number of thioether (sulfide) groups is 1. The summed E-state index contributed by atoms with van der Waals surface area (Å²) in [6.45, 7) is 0.504. The van der Waals surface area contributed by atoms with E-state index in [9.17, 15) is 9.59 Å². The highest BCUT2D eigenvalue weighted by Crippen LogP contribution is 2.29. The van der Waals surface area contributed by atoms with Crippen molar-refractivity contribution >= 4 is 40.9 Å². The second kappa shape index (κ2) is 5.73. The first-order valence-electron chi connectivity index (χ1n) is 5.57. The number of amides is 2. The summed E-state index contributed by atoms with van der Waals surface area (Å²) in [6.07, 6.45) is 0.242. The van der Waals surface area contributed by atoms with Gasteiger partial charge in [-0.1, -0.05) is 11.6 Å². The quantitative estimate of drug-likeness (QED) is 0.854. The number of nitrogens with two attached hydrogens (primary N) is 1. The van der Waals surface area contributed by atoms with Crippen LogP contribution in [0.2, 0.25) is 5.02 Å². The topological polar surface area (TPSA) is 63.4 Å². The average Bonchev–Trinajstić information content (AvgIpc) is 2.63. The van der Waals surface area contributed by atoms with Gasteiger partial charge >= 0.3 is 0 Å². The Morgan fingerprint density at radius 2 is 2.00 bits per heavy atom. The molecule has 2 amide bonds. The summed E-state index contributed by atoms with van der Waals surface area (Å²) in [6, 6.07) is 6.68. The lowest BCUT2D eigenvalue weighted by Crippen LogP contribution is -2.31. The lowest BCUT2D eigenvalue weighted by Gasteiger charge is -2.14. The van der Waals surface area contributed by atoms with E-state index < -0.39 is 0 Å². The van der Waals surface area contributed by atoms with E-state index >= 15 is 0 Å². The van der Waals surface area contributed by atoms with Crippen molar-refractivity contribution in [2.24, 2.45) is 5.73 Å². The minimum atomic E-state index is -0.309. The van der Waals surface area contributed by atoms with Gasteiger partial charge in [0.2, 0.25) is 11.8 Å². The number of hydrogen-bond donors (Lipinski definition) is 1. The third kappa shape index (κ3) is 2.68. The molecule has 2 rings (SSSR count). The van der Waals surface area contributed by atoms with Crippen LogP contribution in [-0.4, -0.2) is 29.4 Å². The number of halogens is 1. The standard InChI is InChI=1S/C12H13ClN2O2S/c13-8-1-3-9(4-2-8)15-11(16)7-10(12(15)17)18-6-5-14/h1-4,10H,5-7,14H2/t10-/m1/s1. The fraction of sp³-hybridized carbons (Fsp3) is 0.333. The molecule has 4 nitrogen and oxygen atoms in total.